The summed E-state index contributed by atoms with van der Waals surface area (Å²) in [5.74, 6) is 0. The van der Waals surface area contributed by atoms with Gasteiger partial charge < -0.3 is 4.43 Å². The minimum atomic E-state index is -1.51. The zero-order valence-electron chi connectivity index (χ0n) is 9.23. The monoisotopic (exact) mass is 198 g/mol. The topological polar surface area (TPSA) is 9.23 Å². The third-order valence-electron chi connectivity index (χ3n) is 3.30. The molecule has 0 radical (unpaired) electrons. The van der Waals surface area contributed by atoms with Crippen molar-refractivity contribution in [2.75, 3.05) is 0 Å². The lowest BCUT2D eigenvalue weighted by molar-refractivity contribution is 0.155. The highest BCUT2D eigenvalue weighted by Gasteiger charge is 2.38. The Labute approximate surface area is 83.3 Å². The lowest BCUT2D eigenvalue weighted by atomic mass is 10.2. The van der Waals surface area contributed by atoms with Crippen molar-refractivity contribution < 1.29 is 4.43 Å². The zero-order chi connectivity index (χ0) is 9.90. The van der Waals surface area contributed by atoms with Crippen molar-refractivity contribution in [1.82, 2.24) is 0 Å². The minimum absolute atomic E-state index is 0.525. The molecule has 0 amide bonds. The van der Waals surface area contributed by atoms with Crippen molar-refractivity contribution >= 4 is 8.32 Å². The zero-order valence-corrected chi connectivity index (χ0v) is 10.2. The second kappa shape index (κ2) is 4.42. The van der Waals surface area contributed by atoms with Crippen LogP contribution in [0.3, 0.4) is 0 Å². The van der Waals surface area contributed by atoms with Gasteiger partial charge in [0.05, 0.1) is 0 Å². The highest BCUT2D eigenvalue weighted by Crippen LogP contribution is 2.34. The van der Waals surface area contributed by atoms with Crippen molar-refractivity contribution in [1.29, 1.82) is 0 Å². The molecule has 0 spiro atoms. The molecule has 1 aliphatic heterocycles. The first kappa shape index (κ1) is 11.0. The quantitative estimate of drug-likeness (QED) is 0.629. The van der Waals surface area contributed by atoms with E-state index in [2.05, 4.69) is 27.4 Å². The van der Waals surface area contributed by atoms with Crippen molar-refractivity contribution in [2.45, 2.75) is 58.2 Å². The second-order valence-electron chi connectivity index (χ2n) is 4.17. The van der Waals surface area contributed by atoms with Crippen molar-refractivity contribution in [2.24, 2.45) is 0 Å². The van der Waals surface area contributed by atoms with Gasteiger partial charge in [0.1, 0.15) is 0 Å². The van der Waals surface area contributed by atoms with Crippen LogP contribution >= 0.6 is 0 Å². The predicted molar refractivity (Wildman–Crippen MR) is 60.3 cm³/mol. The van der Waals surface area contributed by atoms with Gasteiger partial charge in [-0.1, -0.05) is 25.5 Å². The van der Waals surface area contributed by atoms with Crippen LogP contribution in [0.25, 0.3) is 0 Å². The Morgan fingerprint density at radius 3 is 2.69 bits per heavy atom. The lowest BCUT2D eigenvalue weighted by Crippen LogP contribution is -2.45. The summed E-state index contributed by atoms with van der Waals surface area (Å²) < 4.78 is 6.27. The summed E-state index contributed by atoms with van der Waals surface area (Å²) in [6, 6.07) is 2.51. The van der Waals surface area contributed by atoms with Gasteiger partial charge in [-0.05, 0) is 31.9 Å². The molecule has 0 N–H and O–H groups in total. The number of hydrogen-bond donors (Lipinski definition) is 0. The molecule has 1 nitrogen and oxygen atoms in total. The molecule has 0 aromatic rings. The summed E-state index contributed by atoms with van der Waals surface area (Å²) >= 11 is 0. The van der Waals surface area contributed by atoms with Crippen LogP contribution in [-0.2, 0) is 4.43 Å². The molecule has 1 fully saturated rings. The van der Waals surface area contributed by atoms with Crippen molar-refractivity contribution in [3.05, 3.63) is 11.8 Å². The molecule has 1 heterocycles. The molecule has 13 heavy (non-hydrogen) atoms. The molecule has 0 saturated carbocycles. The molecule has 1 rings (SSSR count). The third kappa shape index (κ3) is 2.23. The highest BCUT2D eigenvalue weighted by atomic mass is 28.4. The predicted octanol–water partition coefficient (Wildman–Crippen LogP) is 3.66. The SMILES string of the molecule is C=C(C)[Si]1(CC)CCCC(CC)O1. The number of hydrogen-bond acceptors (Lipinski definition) is 1. The third-order valence-corrected chi connectivity index (χ3v) is 7.95. The molecule has 0 aromatic carbocycles. The minimum Gasteiger partial charge on any atom is -0.410 e. The fourth-order valence-corrected chi connectivity index (χ4v) is 5.78. The first-order valence-corrected chi connectivity index (χ1v) is 7.80. The maximum atomic E-state index is 6.27. The summed E-state index contributed by atoms with van der Waals surface area (Å²) in [7, 11) is -1.51. The maximum absolute atomic E-state index is 6.27. The van der Waals surface area contributed by atoms with Crippen LogP contribution in [0.15, 0.2) is 11.8 Å². The van der Waals surface area contributed by atoms with Gasteiger partial charge in [-0.25, -0.2) is 0 Å². The van der Waals surface area contributed by atoms with Crippen LogP contribution in [-0.4, -0.2) is 14.4 Å². The Bertz CT molecular complexity index is 191. The van der Waals surface area contributed by atoms with E-state index in [4.69, 9.17) is 4.43 Å². The van der Waals surface area contributed by atoms with Gasteiger partial charge in [0.2, 0.25) is 8.32 Å². The Morgan fingerprint density at radius 1 is 1.54 bits per heavy atom. The molecule has 0 aliphatic carbocycles. The molecule has 2 unspecified atom stereocenters. The fourth-order valence-electron chi connectivity index (χ4n) is 2.22. The summed E-state index contributed by atoms with van der Waals surface area (Å²) in [4.78, 5) is 0. The van der Waals surface area contributed by atoms with Crippen LogP contribution in [0.1, 0.15) is 40.0 Å². The average molecular weight is 198 g/mol. The molecule has 1 aliphatic rings. The van der Waals surface area contributed by atoms with Gasteiger partial charge in [0.15, 0.2) is 0 Å². The van der Waals surface area contributed by atoms with E-state index in [9.17, 15) is 0 Å². The van der Waals surface area contributed by atoms with E-state index >= 15 is 0 Å². The summed E-state index contributed by atoms with van der Waals surface area (Å²) in [5, 5.41) is 1.34. The lowest BCUT2D eigenvalue weighted by Gasteiger charge is -2.39. The van der Waals surface area contributed by atoms with Crippen LogP contribution < -0.4 is 0 Å². The van der Waals surface area contributed by atoms with Gasteiger partial charge >= 0.3 is 0 Å². The largest absolute Gasteiger partial charge is 0.410 e. The average Bonchev–Trinajstić information content (AvgIpc) is 2.17. The van der Waals surface area contributed by atoms with E-state index in [0.717, 1.165) is 0 Å². The first-order chi connectivity index (χ1) is 6.14. The normalized spacial score (nSPS) is 34.5. The molecule has 0 aromatic heterocycles. The van der Waals surface area contributed by atoms with Crippen LogP contribution in [0, 0.1) is 0 Å². The van der Waals surface area contributed by atoms with Gasteiger partial charge in [0, 0.05) is 6.10 Å². The van der Waals surface area contributed by atoms with Crippen LogP contribution in [0.5, 0.6) is 0 Å². The Kier molecular flexibility index (Phi) is 3.74. The molecule has 2 atom stereocenters. The number of allylic oxidation sites excluding steroid dienone is 1. The molecule has 76 valence electrons. The molecular weight excluding hydrogens is 176 g/mol. The van der Waals surface area contributed by atoms with Crippen molar-refractivity contribution in [3.63, 3.8) is 0 Å². The Morgan fingerprint density at radius 2 is 2.23 bits per heavy atom. The van der Waals surface area contributed by atoms with E-state index in [0.29, 0.717) is 6.10 Å². The summed E-state index contributed by atoms with van der Waals surface area (Å²) in [5.41, 5.74) is 0. The van der Waals surface area contributed by atoms with Crippen molar-refractivity contribution in [3.8, 4) is 0 Å². The highest BCUT2D eigenvalue weighted by molar-refractivity contribution is 6.80. The van der Waals surface area contributed by atoms with Gasteiger partial charge in [-0.15, -0.1) is 6.58 Å². The number of rotatable bonds is 3. The molecule has 0 bridgehead atoms. The van der Waals surface area contributed by atoms with E-state index in [1.165, 1.54) is 36.5 Å². The smallest absolute Gasteiger partial charge is 0.219 e. The Balaban J connectivity index is 2.69. The van der Waals surface area contributed by atoms with E-state index < -0.39 is 8.32 Å². The fraction of sp³-hybridized carbons (Fsp3) is 0.818. The molecular formula is C11H22OSi. The van der Waals surface area contributed by atoms with E-state index in [1.54, 1.807) is 0 Å². The second-order valence-corrected chi connectivity index (χ2v) is 8.45. The van der Waals surface area contributed by atoms with Gasteiger partial charge in [0.25, 0.3) is 0 Å². The standard InChI is InChI=1S/C11H22OSi/c1-5-11-8-7-9-13(6-2,12-11)10(3)4/h11H,3,5-9H2,1-2,4H3. The van der Waals surface area contributed by atoms with Gasteiger partial charge in [-0.2, -0.15) is 0 Å². The van der Waals surface area contributed by atoms with E-state index in [1.807, 2.05) is 0 Å². The molecule has 1 saturated heterocycles. The maximum Gasteiger partial charge on any atom is 0.219 e. The van der Waals surface area contributed by atoms with Crippen LogP contribution in [0.4, 0.5) is 0 Å². The first-order valence-electron chi connectivity index (χ1n) is 5.48. The van der Waals surface area contributed by atoms with Gasteiger partial charge in [-0.3, -0.25) is 0 Å². The summed E-state index contributed by atoms with van der Waals surface area (Å²) in [6.07, 6.45) is 4.31. The van der Waals surface area contributed by atoms with E-state index in [-0.39, 0.29) is 0 Å². The Hall–Kier alpha value is -0.0831. The molecule has 2 heteroatoms. The summed E-state index contributed by atoms with van der Waals surface area (Å²) in [6.45, 7) is 10.8. The van der Waals surface area contributed by atoms with Crippen LogP contribution in [0.2, 0.25) is 12.1 Å².